The Balaban J connectivity index is 1.27. The third-order valence-corrected chi connectivity index (χ3v) is 8.37. The number of benzene rings is 1. The van der Waals surface area contributed by atoms with Gasteiger partial charge in [-0.25, -0.2) is 0 Å². The van der Waals surface area contributed by atoms with Crippen LogP contribution in [0.2, 0.25) is 0 Å². The maximum atomic E-state index is 6.09. The van der Waals surface area contributed by atoms with Crippen LogP contribution in [-0.4, -0.2) is 6.61 Å². The molecule has 176 valence electrons. The van der Waals surface area contributed by atoms with Gasteiger partial charge in [-0.3, -0.25) is 0 Å². The summed E-state index contributed by atoms with van der Waals surface area (Å²) >= 11 is 0. The Labute approximate surface area is 193 Å². The van der Waals surface area contributed by atoms with E-state index in [1.807, 2.05) is 0 Å². The molecule has 0 saturated heterocycles. The van der Waals surface area contributed by atoms with Gasteiger partial charge in [-0.2, -0.15) is 0 Å². The summed E-state index contributed by atoms with van der Waals surface area (Å²) in [6, 6.07) is 9.12. The predicted molar refractivity (Wildman–Crippen MR) is 135 cm³/mol. The molecule has 0 N–H and O–H groups in total. The van der Waals surface area contributed by atoms with Gasteiger partial charge in [0.15, 0.2) is 0 Å². The second-order valence-electron chi connectivity index (χ2n) is 10.8. The first kappa shape index (κ1) is 24.7. The average Bonchev–Trinajstić information content (AvgIpc) is 2.82. The molecule has 0 unspecified atom stereocenters. The zero-order chi connectivity index (χ0) is 21.7. The van der Waals surface area contributed by atoms with Gasteiger partial charge in [0, 0.05) is 0 Å². The molecular formula is C30H50O. The molecule has 0 aromatic heterocycles. The smallest absolute Gasteiger partial charge is 0.119 e. The lowest BCUT2D eigenvalue weighted by Crippen LogP contribution is -2.15. The van der Waals surface area contributed by atoms with Crippen LogP contribution in [0.25, 0.3) is 0 Å². The molecule has 0 heterocycles. The molecular weight excluding hydrogens is 376 g/mol. The van der Waals surface area contributed by atoms with Crippen molar-refractivity contribution >= 4 is 0 Å². The first-order valence-electron chi connectivity index (χ1n) is 14.0. The Bertz CT molecular complexity index is 561. The standard InChI is InChI=1S/C30H50O/c1-3-5-7-10-26-12-14-27(15-13-26)11-8-24-31-30-22-20-29(21-23-30)28-18-16-25(17-19-28)9-6-4-2/h20-23,25-28H,3-19,24H2,1-2H3/t25-,26-,27-,28-. The van der Waals surface area contributed by atoms with Crippen LogP contribution in [0.5, 0.6) is 5.75 Å². The van der Waals surface area contributed by atoms with E-state index >= 15 is 0 Å². The second-order valence-corrected chi connectivity index (χ2v) is 10.8. The fourth-order valence-corrected chi connectivity index (χ4v) is 6.17. The van der Waals surface area contributed by atoms with Crippen LogP contribution in [0, 0.1) is 17.8 Å². The highest BCUT2D eigenvalue weighted by Gasteiger charge is 2.22. The maximum absolute atomic E-state index is 6.09. The zero-order valence-corrected chi connectivity index (χ0v) is 20.8. The largest absolute Gasteiger partial charge is 0.494 e. The van der Waals surface area contributed by atoms with Crippen molar-refractivity contribution in [2.24, 2.45) is 17.8 Å². The topological polar surface area (TPSA) is 9.23 Å². The highest BCUT2D eigenvalue weighted by atomic mass is 16.5. The van der Waals surface area contributed by atoms with Gasteiger partial charge < -0.3 is 4.74 Å². The fourth-order valence-electron chi connectivity index (χ4n) is 6.17. The van der Waals surface area contributed by atoms with Crippen LogP contribution in [0.4, 0.5) is 0 Å². The minimum Gasteiger partial charge on any atom is -0.494 e. The van der Waals surface area contributed by atoms with Crippen LogP contribution < -0.4 is 4.74 Å². The molecule has 1 heteroatoms. The van der Waals surface area contributed by atoms with Crippen molar-refractivity contribution in [1.82, 2.24) is 0 Å². The van der Waals surface area contributed by atoms with E-state index < -0.39 is 0 Å². The highest BCUT2D eigenvalue weighted by Crippen LogP contribution is 2.38. The van der Waals surface area contributed by atoms with E-state index in [-0.39, 0.29) is 0 Å². The Morgan fingerprint density at radius 3 is 1.71 bits per heavy atom. The van der Waals surface area contributed by atoms with E-state index in [4.69, 9.17) is 4.74 Å². The van der Waals surface area contributed by atoms with Gasteiger partial charge in [-0.1, -0.05) is 96.6 Å². The van der Waals surface area contributed by atoms with Crippen LogP contribution in [-0.2, 0) is 0 Å². The summed E-state index contributed by atoms with van der Waals surface area (Å²) < 4.78 is 6.09. The number of ether oxygens (including phenoxy) is 1. The number of unbranched alkanes of at least 4 members (excludes halogenated alkanes) is 3. The molecule has 2 fully saturated rings. The van der Waals surface area contributed by atoms with Crippen molar-refractivity contribution in [3.8, 4) is 5.75 Å². The summed E-state index contributed by atoms with van der Waals surface area (Å²) in [7, 11) is 0. The van der Waals surface area contributed by atoms with Gasteiger partial charge in [0.05, 0.1) is 6.61 Å². The molecule has 1 nitrogen and oxygen atoms in total. The van der Waals surface area contributed by atoms with Crippen molar-refractivity contribution in [3.05, 3.63) is 29.8 Å². The molecule has 0 atom stereocenters. The van der Waals surface area contributed by atoms with E-state index in [9.17, 15) is 0 Å². The summed E-state index contributed by atoms with van der Waals surface area (Å²) in [6.45, 7) is 5.52. The van der Waals surface area contributed by atoms with Crippen LogP contribution in [0.3, 0.4) is 0 Å². The number of hydrogen-bond acceptors (Lipinski definition) is 1. The summed E-state index contributed by atoms with van der Waals surface area (Å²) in [5, 5.41) is 0. The van der Waals surface area contributed by atoms with Gasteiger partial charge in [-0.05, 0) is 79.9 Å². The number of rotatable bonds is 13. The molecule has 3 rings (SSSR count). The van der Waals surface area contributed by atoms with E-state index in [2.05, 4.69) is 38.1 Å². The quantitative estimate of drug-likeness (QED) is 0.285. The average molecular weight is 427 g/mol. The van der Waals surface area contributed by atoms with Crippen LogP contribution in [0.1, 0.15) is 134 Å². The third kappa shape index (κ3) is 8.82. The summed E-state index contributed by atoms with van der Waals surface area (Å²) in [6.07, 6.45) is 24.1. The van der Waals surface area contributed by atoms with E-state index in [0.29, 0.717) is 0 Å². The van der Waals surface area contributed by atoms with Gasteiger partial charge in [0.25, 0.3) is 0 Å². The molecule has 2 aliphatic rings. The third-order valence-electron chi connectivity index (χ3n) is 8.37. The Hall–Kier alpha value is -0.980. The first-order chi connectivity index (χ1) is 15.3. The minimum atomic E-state index is 0.782. The molecule has 31 heavy (non-hydrogen) atoms. The first-order valence-corrected chi connectivity index (χ1v) is 14.0. The fraction of sp³-hybridized carbons (Fsp3) is 0.800. The lowest BCUT2D eigenvalue weighted by molar-refractivity contribution is 0.228. The summed E-state index contributed by atoms with van der Waals surface area (Å²) in [5.41, 5.74) is 1.54. The van der Waals surface area contributed by atoms with Gasteiger partial charge in [0.1, 0.15) is 5.75 Å². The minimum absolute atomic E-state index is 0.782. The normalized spacial score (nSPS) is 26.6. The highest BCUT2D eigenvalue weighted by molar-refractivity contribution is 5.29. The van der Waals surface area contributed by atoms with Gasteiger partial charge in [0.2, 0.25) is 0 Å². The van der Waals surface area contributed by atoms with Crippen molar-refractivity contribution in [2.75, 3.05) is 6.61 Å². The second kappa shape index (κ2) is 14.2. The van der Waals surface area contributed by atoms with Crippen molar-refractivity contribution in [3.63, 3.8) is 0 Å². The monoisotopic (exact) mass is 426 g/mol. The van der Waals surface area contributed by atoms with E-state index in [1.54, 1.807) is 0 Å². The van der Waals surface area contributed by atoms with Crippen molar-refractivity contribution in [2.45, 2.75) is 129 Å². The zero-order valence-electron chi connectivity index (χ0n) is 20.8. The van der Waals surface area contributed by atoms with Gasteiger partial charge in [-0.15, -0.1) is 0 Å². The Morgan fingerprint density at radius 1 is 0.613 bits per heavy atom. The summed E-state index contributed by atoms with van der Waals surface area (Å²) in [4.78, 5) is 0. The molecule has 0 amide bonds. The molecule has 2 saturated carbocycles. The van der Waals surface area contributed by atoms with Crippen molar-refractivity contribution in [1.29, 1.82) is 0 Å². The van der Waals surface area contributed by atoms with Gasteiger partial charge >= 0.3 is 0 Å². The Morgan fingerprint density at radius 2 is 1.13 bits per heavy atom. The lowest BCUT2D eigenvalue weighted by atomic mass is 9.77. The van der Waals surface area contributed by atoms with E-state index in [1.165, 1.54) is 115 Å². The molecule has 2 aliphatic carbocycles. The maximum Gasteiger partial charge on any atom is 0.119 e. The van der Waals surface area contributed by atoms with Crippen LogP contribution >= 0.6 is 0 Å². The molecule has 1 aromatic carbocycles. The molecule has 0 bridgehead atoms. The number of hydrogen-bond donors (Lipinski definition) is 0. The SMILES string of the molecule is CCCCC[C@H]1CC[C@H](CCCOc2ccc([C@H]3CC[C@H](CCCC)CC3)cc2)CC1. The molecule has 0 aliphatic heterocycles. The summed E-state index contributed by atoms with van der Waals surface area (Å²) in [5.74, 6) is 4.84. The van der Waals surface area contributed by atoms with E-state index in [0.717, 1.165) is 36.0 Å². The predicted octanol–water partition coefficient (Wildman–Crippen LogP) is 9.70. The molecule has 1 aromatic rings. The van der Waals surface area contributed by atoms with Crippen LogP contribution in [0.15, 0.2) is 24.3 Å². The lowest BCUT2D eigenvalue weighted by Gasteiger charge is -2.29. The molecule has 0 radical (unpaired) electrons. The molecule has 0 spiro atoms. The Kier molecular flexibility index (Phi) is 11.3. The van der Waals surface area contributed by atoms with Crippen molar-refractivity contribution < 1.29 is 4.74 Å².